The van der Waals surface area contributed by atoms with Crippen molar-refractivity contribution in [2.24, 2.45) is 11.1 Å². The average Bonchev–Trinajstić information content (AvgIpc) is 3.26. The number of rotatable bonds is 5. The zero-order valence-electron chi connectivity index (χ0n) is 17.1. The SMILES string of the molecule is Cc1cc2c(n1-c1ccc(C(N)=O)c(NCC3OCCO3)c1)CC(C)(C)CC2=O. The fraction of sp³-hybridized carbons (Fsp3) is 0.455. The molecule has 0 saturated carbocycles. The Balaban J connectivity index is 1.73. The number of aryl methyl sites for hydroxylation is 1. The third-order valence-electron chi connectivity index (χ3n) is 5.55. The van der Waals surface area contributed by atoms with E-state index in [9.17, 15) is 9.59 Å². The Morgan fingerprint density at radius 3 is 2.66 bits per heavy atom. The van der Waals surface area contributed by atoms with Crippen LogP contribution in [0.4, 0.5) is 5.69 Å². The summed E-state index contributed by atoms with van der Waals surface area (Å²) in [6.45, 7) is 7.77. The van der Waals surface area contributed by atoms with Crippen LogP contribution >= 0.6 is 0 Å². The van der Waals surface area contributed by atoms with Crippen molar-refractivity contribution in [3.8, 4) is 5.69 Å². The first kappa shape index (κ1) is 19.7. The molecule has 29 heavy (non-hydrogen) atoms. The number of benzene rings is 1. The summed E-state index contributed by atoms with van der Waals surface area (Å²) < 4.78 is 13.0. The summed E-state index contributed by atoms with van der Waals surface area (Å²) in [5, 5.41) is 3.23. The number of nitrogens with zero attached hydrogens (tertiary/aromatic N) is 1. The summed E-state index contributed by atoms with van der Waals surface area (Å²) in [4.78, 5) is 24.6. The van der Waals surface area contributed by atoms with Crippen molar-refractivity contribution in [2.75, 3.05) is 25.1 Å². The van der Waals surface area contributed by atoms with E-state index in [4.69, 9.17) is 15.2 Å². The molecule has 0 atom stereocenters. The minimum absolute atomic E-state index is 0.0853. The van der Waals surface area contributed by atoms with Crippen LogP contribution < -0.4 is 11.1 Å². The number of ketones is 1. The fourth-order valence-corrected chi connectivity index (χ4v) is 4.26. The molecule has 2 aliphatic rings. The van der Waals surface area contributed by atoms with E-state index in [1.165, 1.54) is 0 Å². The van der Waals surface area contributed by atoms with Crippen LogP contribution in [0.15, 0.2) is 24.3 Å². The molecular formula is C22H27N3O4. The number of carbonyl (C=O) groups is 2. The van der Waals surface area contributed by atoms with E-state index in [0.29, 0.717) is 37.4 Å². The molecule has 3 N–H and O–H groups in total. The van der Waals surface area contributed by atoms with Crippen LogP contribution in [0.25, 0.3) is 5.69 Å². The zero-order valence-corrected chi connectivity index (χ0v) is 17.1. The molecule has 0 radical (unpaired) electrons. The van der Waals surface area contributed by atoms with Crippen molar-refractivity contribution >= 4 is 17.4 Å². The third kappa shape index (κ3) is 3.80. The lowest BCUT2D eigenvalue weighted by molar-refractivity contribution is -0.0299. The maximum absolute atomic E-state index is 12.6. The Labute approximate surface area is 170 Å². The summed E-state index contributed by atoms with van der Waals surface area (Å²) in [5.74, 6) is -0.324. The predicted molar refractivity (Wildman–Crippen MR) is 110 cm³/mol. The molecule has 1 aliphatic heterocycles. The highest BCUT2D eigenvalue weighted by Crippen LogP contribution is 2.38. The molecule has 154 valence electrons. The second-order valence-corrected chi connectivity index (χ2v) is 8.57. The lowest BCUT2D eigenvalue weighted by Crippen LogP contribution is -2.28. The van der Waals surface area contributed by atoms with E-state index in [2.05, 4.69) is 23.7 Å². The van der Waals surface area contributed by atoms with Crippen LogP contribution in [0.1, 0.15) is 52.4 Å². The molecule has 1 saturated heterocycles. The second kappa shape index (κ2) is 7.31. The molecule has 1 aliphatic carbocycles. The summed E-state index contributed by atoms with van der Waals surface area (Å²) in [5.41, 5.74) is 10.2. The Morgan fingerprint density at radius 1 is 1.24 bits per heavy atom. The van der Waals surface area contributed by atoms with Gasteiger partial charge < -0.3 is 25.1 Å². The number of anilines is 1. The van der Waals surface area contributed by atoms with Crippen LogP contribution in [0.5, 0.6) is 0 Å². The van der Waals surface area contributed by atoms with Crippen LogP contribution in [-0.2, 0) is 15.9 Å². The minimum atomic E-state index is -0.505. The highest BCUT2D eigenvalue weighted by atomic mass is 16.7. The van der Waals surface area contributed by atoms with E-state index >= 15 is 0 Å². The van der Waals surface area contributed by atoms with E-state index in [1.54, 1.807) is 6.07 Å². The first-order valence-electron chi connectivity index (χ1n) is 9.91. The number of fused-ring (bicyclic) bond motifs is 1. The molecule has 7 nitrogen and oxygen atoms in total. The number of aromatic nitrogens is 1. The summed E-state index contributed by atoms with van der Waals surface area (Å²) in [6.07, 6.45) is 1.02. The fourth-order valence-electron chi connectivity index (χ4n) is 4.26. The average molecular weight is 397 g/mol. The van der Waals surface area contributed by atoms with Crippen LogP contribution in [0.3, 0.4) is 0 Å². The van der Waals surface area contributed by atoms with E-state index < -0.39 is 5.91 Å². The van der Waals surface area contributed by atoms with Gasteiger partial charge in [0, 0.05) is 34.7 Å². The zero-order chi connectivity index (χ0) is 20.8. The summed E-state index contributed by atoms with van der Waals surface area (Å²) in [7, 11) is 0. The number of hydrogen-bond acceptors (Lipinski definition) is 5. The topological polar surface area (TPSA) is 95.6 Å². The van der Waals surface area contributed by atoms with Crippen molar-refractivity contribution in [2.45, 2.75) is 39.9 Å². The lowest BCUT2D eigenvalue weighted by atomic mass is 9.76. The minimum Gasteiger partial charge on any atom is -0.379 e. The molecule has 0 spiro atoms. The van der Waals surface area contributed by atoms with Gasteiger partial charge in [-0.1, -0.05) is 13.8 Å². The molecule has 1 aromatic carbocycles. The van der Waals surface area contributed by atoms with Crippen LogP contribution in [-0.4, -0.2) is 42.3 Å². The number of primary amides is 1. The van der Waals surface area contributed by atoms with Gasteiger partial charge in [-0.3, -0.25) is 9.59 Å². The van der Waals surface area contributed by atoms with Gasteiger partial charge in [-0.05, 0) is 43.0 Å². The Morgan fingerprint density at radius 2 is 1.97 bits per heavy atom. The highest BCUT2D eigenvalue weighted by Gasteiger charge is 2.34. The molecule has 4 rings (SSSR count). The van der Waals surface area contributed by atoms with Crippen molar-refractivity contribution in [3.63, 3.8) is 0 Å². The van der Waals surface area contributed by atoms with E-state index in [0.717, 1.165) is 29.1 Å². The summed E-state index contributed by atoms with van der Waals surface area (Å²) >= 11 is 0. The first-order chi connectivity index (χ1) is 13.7. The van der Waals surface area contributed by atoms with Crippen LogP contribution in [0.2, 0.25) is 0 Å². The van der Waals surface area contributed by atoms with Gasteiger partial charge >= 0.3 is 0 Å². The molecule has 0 unspecified atom stereocenters. The van der Waals surface area contributed by atoms with Crippen molar-refractivity contribution in [1.29, 1.82) is 0 Å². The quantitative estimate of drug-likeness (QED) is 0.809. The number of nitrogens with one attached hydrogen (secondary N) is 1. The molecule has 1 fully saturated rings. The maximum Gasteiger partial charge on any atom is 0.250 e. The number of carbonyl (C=O) groups excluding carboxylic acids is 2. The molecule has 2 heterocycles. The monoisotopic (exact) mass is 397 g/mol. The van der Waals surface area contributed by atoms with Gasteiger partial charge in [0.25, 0.3) is 5.91 Å². The van der Waals surface area contributed by atoms with Gasteiger partial charge in [-0.15, -0.1) is 0 Å². The van der Waals surface area contributed by atoms with Crippen molar-refractivity contribution < 1.29 is 19.1 Å². The number of hydrogen-bond donors (Lipinski definition) is 2. The Kier molecular flexibility index (Phi) is 4.96. The number of amides is 1. The predicted octanol–water partition coefficient (Wildman–Crippen LogP) is 2.82. The first-order valence-corrected chi connectivity index (χ1v) is 9.91. The van der Waals surface area contributed by atoms with Crippen LogP contribution in [0, 0.1) is 12.3 Å². The Bertz CT molecular complexity index is 971. The normalized spacial score (nSPS) is 18.7. The van der Waals surface area contributed by atoms with Crippen molar-refractivity contribution in [3.05, 3.63) is 46.8 Å². The van der Waals surface area contributed by atoms with Gasteiger partial charge in [0.2, 0.25) is 0 Å². The van der Waals surface area contributed by atoms with Gasteiger partial charge in [0.1, 0.15) is 0 Å². The molecular weight excluding hydrogens is 370 g/mol. The standard InChI is InChI=1S/C22H27N3O4/c1-13-8-16-18(10-22(2,3)11-19(16)26)25(13)14-4-5-15(21(23)27)17(9-14)24-12-20-28-6-7-29-20/h4-5,8-9,20,24H,6-7,10-12H2,1-3H3,(H2,23,27). The molecule has 1 aromatic heterocycles. The summed E-state index contributed by atoms with van der Waals surface area (Å²) in [6, 6.07) is 7.45. The highest BCUT2D eigenvalue weighted by molar-refractivity contribution is 6.00. The Hall–Kier alpha value is -2.64. The van der Waals surface area contributed by atoms with Gasteiger partial charge in [-0.25, -0.2) is 0 Å². The smallest absolute Gasteiger partial charge is 0.250 e. The molecule has 2 aromatic rings. The van der Waals surface area contributed by atoms with Gasteiger partial charge in [0.05, 0.1) is 25.3 Å². The second-order valence-electron chi connectivity index (χ2n) is 8.57. The molecule has 1 amide bonds. The van der Waals surface area contributed by atoms with Gasteiger partial charge in [0.15, 0.2) is 12.1 Å². The number of Topliss-reactive ketones (excluding diaryl/α,β-unsaturated/α-hetero) is 1. The van der Waals surface area contributed by atoms with E-state index in [-0.39, 0.29) is 17.5 Å². The third-order valence-corrected chi connectivity index (χ3v) is 5.55. The maximum atomic E-state index is 12.6. The largest absolute Gasteiger partial charge is 0.379 e. The molecule has 7 heteroatoms. The number of nitrogens with two attached hydrogens (primary N) is 1. The number of ether oxygens (including phenoxy) is 2. The van der Waals surface area contributed by atoms with Gasteiger partial charge in [-0.2, -0.15) is 0 Å². The van der Waals surface area contributed by atoms with E-state index in [1.807, 2.05) is 25.1 Å². The lowest BCUT2D eigenvalue weighted by Gasteiger charge is -2.30. The van der Waals surface area contributed by atoms with Crippen molar-refractivity contribution in [1.82, 2.24) is 4.57 Å². The molecule has 0 bridgehead atoms.